The molecule has 0 aliphatic carbocycles. The molecule has 1 unspecified atom stereocenters. The molecule has 0 spiro atoms. The number of hydrogen-bond donors (Lipinski definition) is 1. The summed E-state index contributed by atoms with van der Waals surface area (Å²) in [6.45, 7) is 4.58. The van der Waals surface area contributed by atoms with E-state index in [4.69, 9.17) is 9.47 Å². The number of esters is 1. The first-order chi connectivity index (χ1) is 8.58. The van der Waals surface area contributed by atoms with Gasteiger partial charge in [-0.25, -0.2) is 9.78 Å². The summed E-state index contributed by atoms with van der Waals surface area (Å²) in [5.74, 6) is -0.439. The number of pyridine rings is 1. The molecule has 18 heavy (non-hydrogen) atoms. The van der Waals surface area contributed by atoms with Crippen LogP contribution < -0.4 is 5.32 Å². The van der Waals surface area contributed by atoms with Gasteiger partial charge in [-0.05, 0) is 41.9 Å². The molecule has 0 aliphatic rings. The molecular weight excluding hydrogens is 300 g/mol. The van der Waals surface area contributed by atoms with E-state index >= 15 is 0 Å². The molecular formula is C12H17BrN2O3. The monoisotopic (exact) mass is 316 g/mol. The number of nitrogens with one attached hydrogen (secondary N) is 1. The van der Waals surface area contributed by atoms with Gasteiger partial charge in [-0.2, -0.15) is 0 Å². The molecule has 0 aliphatic heterocycles. The summed E-state index contributed by atoms with van der Waals surface area (Å²) in [5, 5.41) is 3.17. The molecule has 0 amide bonds. The van der Waals surface area contributed by atoms with Crippen molar-refractivity contribution in [1.82, 2.24) is 4.98 Å². The Balaban J connectivity index is 2.92. The fraction of sp³-hybridized carbons (Fsp3) is 0.500. The number of carbonyl (C=O) groups excluding carboxylic acids is 1. The van der Waals surface area contributed by atoms with Gasteiger partial charge in [0.1, 0.15) is 4.60 Å². The Morgan fingerprint density at radius 2 is 2.28 bits per heavy atom. The predicted octanol–water partition coefficient (Wildman–Crippen LogP) is 2.47. The fourth-order valence-electron chi connectivity index (χ4n) is 1.46. The highest BCUT2D eigenvalue weighted by molar-refractivity contribution is 9.10. The maximum atomic E-state index is 11.8. The molecule has 1 N–H and O–H groups in total. The first-order valence-electron chi connectivity index (χ1n) is 5.67. The maximum absolute atomic E-state index is 11.8. The summed E-state index contributed by atoms with van der Waals surface area (Å²) in [5.41, 5.74) is 0.912. The molecule has 0 radical (unpaired) electrons. The third-order valence-electron chi connectivity index (χ3n) is 2.15. The van der Waals surface area contributed by atoms with Crippen LogP contribution in [0.1, 0.15) is 24.3 Å². The zero-order chi connectivity index (χ0) is 13.5. The topological polar surface area (TPSA) is 60.5 Å². The molecule has 1 atom stereocenters. The average Bonchev–Trinajstić information content (AvgIpc) is 2.32. The second-order valence-electron chi connectivity index (χ2n) is 3.75. The van der Waals surface area contributed by atoms with Crippen LogP contribution in [0.15, 0.2) is 16.7 Å². The van der Waals surface area contributed by atoms with Crippen LogP contribution in [-0.2, 0) is 9.47 Å². The van der Waals surface area contributed by atoms with Crippen LogP contribution in [0.4, 0.5) is 5.69 Å². The lowest BCUT2D eigenvalue weighted by Crippen LogP contribution is -2.23. The summed E-state index contributed by atoms with van der Waals surface area (Å²) in [7, 11) is 1.63. The fourth-order valence-corrected chi connectivity index (χ4v) is 1.77. The quantitative estimate of drug-likeness (QED) is 0.645. The Bertz CT molecular complexity index is 412. The lowest BCUT2D eigenvalue weighted by molar-refractivity contribution is 0.0520. The standard InChI is InChI=1S/C12H17BrN2O3/c1-4-18-12(16)11-9(5-6-10(13)15-11)14-8(2)7-17-3/h5-6,8,14H,4,7H2,1-3H3. The summed E-state index contributed by atoms with van der Waals surface area (Å²) in [6, 6.07) is 3.63. The minimum atomic E-state index is -0.439. The van der Waals surface area contributed by atoms with Crippen LogP contribution in [0, 0.1) is 0 Å². The van der Waals surface area contributed by atoms with Crippen LogP contribution in [0.25, 0.3) is 0 Å². The zero-order valence-electron chi connectivity index (χ0n) is 10.7. The van der Waals surface area contributed by atoms with Gasteiger partial charge in [-0.3, -0.25) is 0 Å². The average molecular weight is 317 g/mol. The first kappa shape index (κ1) is 14.9. The molecule has 0 saturated carbocycles. The summed E-state index contributed by atoms with van der Waals surface area (Å²) in [6.07, 6.45) is 0. The number of methoxy groups -OCH3 is 1. The van der Waals surface area contributed by atoms with Gasteiger partial charge in [0.2, 0.25) is 0 Å². The van der Waals surface area contributed by atoms with Crippen molar-refractivity contribution in [2.45, 2.75) is 19.9 Å². The van der Waals surface area contributed by atoms with Crippen molar-refractivity contribution in [3.8, 4) is 0 Å². The van der Waals surface area contributed by atoms with Crippen LogP contribution in [0.5, 0.6) is 0 Å². The van der Waals surface area contributed by atoms with Crippen molar-refractivity contribution in [3.05, 3.63) is 22.4 Å². The van der Waals surface area contributed by atoms with E-state index in [-0.39, 0.29) is 11.7 Å². The molecule has 1 aromatic rings. The third-order valence-corrected chi connectivity index (χ3v) is 2.59. The SMILES string of the molecule is CCOC(=O)c1nc(Br)ccc1NC(C)COC. The highest BCUT2D eigenvalue weighted by Gasteiger charge is 2.16. The van der Waals surface area contributed by atoms with Crippen molar-refractivity contribution in [1.29, 1.82) is 0 Å². The molecule has 5 nitrogen and oxygen atoms in total. The Kier molecular flexibility index (Phi) is 6.07. The lowest BCUT2D eigenvalue weighted by atomic mass is 10.2. The van der Waals surface area contributed by atoms with Crippen LogP contribution in [0.3, 0.4) is 0 Å². The Morgan fingerprint density at radius 1 is 1.56 bits per heavy atom. The van der Waals surface area contributed by atoms with Gasteiger partial charge in [-0.1, -0.05) is 0 Å². The molecule has 1 rings (SSSR count). The van der Waals surface area contributed by atoms with E-state index < -0.39 is 5.97 Å². The molecule has 1 aromatic heterocycles. The van der Waals surface area contributed by atoms with E-state index in [1.165, 1.54) is 0 Å². The summed E-state index contributed by atoms with van der Waals surface area (Å²) < 4.78 is 10.6. The molecule has 0 aromatic carbocycles. The van der Waals surface area contributed by atoms with Gasteiger partial charge in [0.15, 0.2) is 5.69 Å². The number of aromatic nitrogens is 1. The number of hydrogen-bond acceptors (Lipinski definition) is 5. The molecule has 6 heteroatoms. The summed E-state index contributed by atoms with van der Waals surface area (Å²) >= 11 is 3.24. The first-order valence-corrected chi connectivity index (χ1v) is 6.47. The number of halogens is 1. The summed E-state index contributed by atoms with van der Waals surface area (Å²) in [4.78, 5) is 15.9. The van der Waals surface area contributed by atoms with E-state index in [0.29, 0.717) is 23.5 Å². The number of rotatable bonds is 6. The van der Waals surface area contributed by atoms with Gasteiger partial charge in [0.05, 0.1) is 18.9 Å². The van der Waals surface area contributed by atoms with Crippen LogP contribution >= 0.6 is 15.9 Å². The number of carbonyl (C=O) groups is 1. The molecule has 0 saturated heterocycles. The smallest absolute Gasteiger partial charge is 0.359 e. The van der Waals surface area contributed by atoms with E-state index in [1.807, 2.05) is 6.92 Å². The molecule has 0 fully saturated rings. The van der Waals surface area contributed by atoms with Crippen molar-refractivity contribution >= 4 is 27.6 Å². The minimum Gasteiger partial charge on any atom is -0.461 e. The third kappa shape index (κ3) is 4.27. The van der Waals surface area contributed by atoms with Crippen molar-refractivity contribution in [2.24, 2.45) is 0 Å². The van der Waals surface area contributed by atoms with Gasteiger partial charge in [0.25, 0.3) is 0 Å². The highest BCUT2D eigenvalue weighted by Crippen LogP contribution is 2.19. The van der Waals surface area contributed by atoms with Crippen molar-refractivity contribution in [3.63, 3.8) is 0 Å². The molecule has 0 bridgehead atoms. The van der Waals surface area contributed by atoms with Gasteiger partial charge >= 0.3 is 5.97 Å². The Labute approximate surface area is 115 Å². The van der Waals surface area contributed by atoms with E-state index in [0.717, 1.165) is 0 Å². The predicted molar refractivity (Wildman–Crippen MR) is 72.9 cm³/mol. The second-order valence-corrected chi connectivity index (χ2v) is 4.56. The van der Waals surface area contributed by atoms with Gasteiger partial charge in [0, 0.05) is 13.2 Å². The minimum absolute atomic E-state index is 0.0751. The van der Waals surface area contributed by atoms with E-state index in [9.17, 15) is 4.79 Å². The zero-order valence-corrected chi connectivity index (χ0v) is 12.3. The number of anilines is 1. The van der Waals surface area contributed by atoms with Crippen molar-refractivity contribution < 1.29 is 14.3 Å². The second kappa shape index (κ2) is 7.33. The Hall–Kier alpha value is -1.14. The molecule has 100 valence electrons. The molecule has 1 heterocycles. The maximum Gasteiger partial charge on any atom is 0.359 e. The number of ether oxygens (including phenoxy) is 2. The normalized spacial score (nSPS) is 12.0. The van der Waals surface area contributed by atoms with Gasteiger partial charge in [-0.15, -0.1) is 0 Å². The van der Waals surface area contributed by atoms with E-state index in [1.54, 1.807) is 26.2 Å². The van der Waals surface area contributed by atoms with Crippen LogP contribution in [0.2, 0.25) is 0 Å². The number of nitrogens with zero attached hydrogens (tertiary/aromatic N) is 1. The Morgan fingerprint density at radius 3 is 2.89 bits per heavy atom. The van der Waals surface area contributed by atoms with Crippen molar-refractivity contribution in [2.75, 3.05) is 25.6 Å². The van der Waals surface area contributed by atoms with E-state index in [2.05, 4.69) is 26.2 Å². The van der Waals surface area contributed by atoms with Gasteiger partial charge < -0.3 is 14.8 Å². The van der Waals surface area contributed by atoms with Crippen LogP contribution in [-0.4, -0.2) is 37.3 Å². The highest BCUT2D eigenvalue weighted by atomic mass is 79.9. The largest absolute Gasteiger partial charge is 0.461 e. The lowest BCUT2D eigenvalue weighted by Gasteiger charge is -2.16.